The van der Waals surface area contributed by atoms with Crippen molar-refractivity contribution in [2.45, 2.75) is 32.2 Å². The van der Waals surface area contributed by atoms with Crippen LogP contribution in [0.1, 0.15) is 41.6 Å². The van der Waals surface area contributed by atoms with Gasteiger partial charge in [0.05, 0.1) is 4.92 Å². The zero-order chi connectivity index (χ0) is 15.4. The van der Waals surface area contributed by atoms with Crippen LogP contribution in [-0.4, -0.2) is 34.5 Å². The lowest BCUT2D eigenvalue weighted by Crippen LogP contribution is -2.25. The number of hydrogen-bond acceptors (Lipinski definition) is 4. The van der Waals surface area contributed by atoms with Gasteiger partial charge in [0, 0.05) is 19.2 Å². The number of aromatic carboxylic acids is 1. The van der Waals surface area contributed by atoms with E-state index >= 15 is 0 Å². The maximum atomic E-state index is 11.4. The van der Waals surface area contributed by atoms with Gasteiger partial charge in [-0.2, -0.15) is 0 Å². The summed E-state index contributed by atoms with van der Waals surface area (Å²) >= 11 is 0. The maximum Gasteiger partial charge on any atom is 0.343 e. The van der Waals surface area contributed by atoms with E-state index in [4.69, 9.17) is 0 Å². The Morgan fingerprint density at radius 1 is 1.43 bits per heavy atom. The van der Waals surface area contributed by atoms with Crippen LogP contribution in [0.4, 0.5) is 5.69 Å². The highest BCUT2D eigenvalue weighted by Gasteiger charge is 2.24. The molecule has 2 rings (SSSR count). The molecule has 0 atom stereocenters. The van der Waals surface area contributed by atoms with Crippen molar-refractivity contribution in [3.05, 3.63) is 39.4 Å². The van der Waals surface area contributed by atoms with E-state index in [1.807, 2.05) is 7.05 Å². The van der Waals surface area contributed by atoms with Crippen LogP contribution >= 0.6 is 0 Å². The summed E-state index contributed by atoms with van der Waals surface area (Å²) in [6, 6.07) is 4.44. The van der Waals surface area contributed by atoms with E-state index in [1.165, 1.54) is 31.7 Å². The lowest BCUT2D eigenvalue weighted by atomic mass is 10.0. The Balaban J connectivity index is 2.16. The van der Waals surface area contributed by atoms with Crippen LogP contribution in [0, 0.1) is 16.0 Å². The number of nitro benzene ring substituents is 1. The first-order valence-corrected chi connectivity index (χ1v) is 7.17. The zero-order valence-electron chi connectivity index (χ0n) is 12.1. The van der Waals surface area contributed by atoms with E-state index in [0.717, 1.165) is 6.54 Å². The summed E-state index contributed by atoms with van der Waals surface area (Å²) in [6.07, 6.45) is 4.95. The highest BCUT2D eigenvalue weighted by atomic mass is 16.6. The Kier molecular flexibility index (Phi) is 4.90. The standard InChI is InChI=1S/C15H20N2O4/c1-16(9-11-5-2-3-6-11)10-12-7-4-8-13(17(20)21)14(12)15(18)19/h4,7-8,11H,2-3,5-6,9-10H2,1H3,(H,18,19). The number of hydrogen-bond donors (Lipinski definition) is 1. The highest BCUT2D eigenvalue weighted by molar-refractivity contribution is 5.94. The highest BCUT2D eigenvalue weighted by Crippen LogP contribution is 2.27. The number of nitrogens with zero attached hydrogens (tertiary/aromatic N) is 2. The fourth-order valence-electron chi connectivity index (χ4n) is 3.11. The molecule has 0 spiro atoms. The van der Waals surface area contributed by atoms with Crippen molar-refractivity contribution in [1.82, 2.24) is 4.90 Å². The van der Waals surface area contributed by atoms with Crippen LogP contribution in [0.25, 0.3) is 0 Å². The first-order valence-electron chi connectivity index (χ1n) is 7.17. The van der Waals surface area contributed by atoms with E-state index in [2.05, 4.69) is 4.90 Å². The second kappa shape index (κ2) is 6.67. The Hall–Kier alpha value is -1.95. The second-order valence-electron chi connectivity index (χ2n) is 5.72. The lowest BCUT2D eigenvalue weighted by molar-refractivity contribution is -0.385. The topological polar surface area (TPSA) is 83.7 Å². The number of benzene rings is 1. The summed E-state index contributed by atoms with van der Waals surface area (Å²) in [7, 11) is 1.93. The van der Waals surface area contributed by atoms with E-state index in [1.54, 1.807) is 12.1 Å². The van der Waals surface area contributed by atoms with Gasteiger partial charge in [-0.1, -0.05) is 25.0 Å². The van der Waals surface area contributed by atoms with Crippen LogP contribution in [0.2, 0.25) is 0 Å². The SMILES string of the molecule is CN(Cc1cccc([N+](=O)[O-])c1C(=O)O)CC1CCCC1. The molecule has 1 aliphatic carbocycles. The minimum Gasteiger partial charge on any atom is -0.477 e. The number of carbonyl (C=O) groups is 1. The number of nitro groups is 1. The molecule has 1 N–H and O–H groups in total. The average molecular weight is 292 g/mol. The Labute approximate surface area is 123 Å². The van der Waals surface area contributed by atoms with Gasteiger partial charge in [0.15, 0.2) is 0 Å². The van der Waals surface area contributed by atoms with Crippen LogP contribution in [0.3, 0.4) is 0 Å². The largest absolute Gasteiger partial charge is 0.477 e. The Morgan fingerprint density at radius 3 is 2.67 bits per heavy atom. The molecule has 0 aliphatic heterocycles. The van der Waals surface area contributed by atoms with Crippen molar-refractivity contribution in [2.24, 2.45) is 5.92 Å². The molecule has 6 nitrogen and oxygen atoms in total. The third kappa shape index (κ3) is 3.78. The molecule has 1 aromatic carbocycles. The summed E-state index contributed by atoms with van der Waals surface area (Å²) in [5.41, 5.74) is -0.0350. The van der Waals surface area contributed by atoms with Gasteiger partial charge in [0.2, 0.25) is 0 Å². The molecule has 0 heterocycles. The monoisotopic (exact) mass is 292 g/mol. The molecular formula is C15H20N2O4. The minimum absolute atomic E-state index is 0.194. The quantitative estimate of drug-likeness (QED) is 0.643. The first kappa shape index (κ1) is 15.4. The molecule has 21 heavy (non-hydrogen) atoms. The van der Waals surface area contributed by atoms with Gasteiger partial charge in [-0.15, -0.1) is 0 Å². The molecule has 1 aromatic rings. The van der Waals surface area contributed by atoms with Crippen molar-refractivity contribution in [1.29, 1.82) is 0 Å². The molecule has 1 fully saturated rings. The molecule has 0 saturated heterocycles. The molecule has 1 saturated carbocycles. The first-order chi connectivity index (χ1) is 9.99. The molecule has 114 valence electrons. The van der Waals surface area contributed by atoms with Crippen molar-refractivity contribution < 1.29 is 14.8 Å². The van der Waals surface area contributed by atoms with Gasteiger partial charge >= 0.3 is 5.97 Å². The molecule has 0 radical (unpaired) electrons. The maximum absolute atomic E-state index is 11.4. The van der Waals surface area contributed by atoms with Crippen molar-refractivity contribution in [3.8, 4) is 0 Å². The third-order valence-corrected chi connectivity index (χ3v) is 4.02. The predicted octanol–water partition coefficient (Wildman–Crippen LogP) is 2.92. The Bertz CT molecular complexity index is 538. The summed E-state index contributed by atoms with van der Waals surface area (Å²) in [6.45, 7) is 1.32. The lowest BCUT2D eigenvalue weighted by Gasteiger charge is -2.21. The second-order valence-corrected chi connectivity index (χ2v) is 5.72. The smallest absolute Gasteiger partial charge is 0.343 e. The normalized spacial score (nSPS) is 15.5. The van der Waals surface area contributed by atoms with Crippen molar-refractivity contribution in [3.63, 3.8) is 0 Å². The number of rotatable bonds is 6. The van der Waals surface area contributed by atoms with E-state index < -0.39 is 10.9 Å². The van der Waals surface area contributed by atoms with Crippen LogP contribution in [-0.2, 0) is 6.54 Å². The van der Waals surface area contributed by atoms with Crippen molar-refractivity contribution >= 4 is 11.7 Å². The molecule has 6 heteroatoms. The van der Waals surface area contributed by atoms with Crippen LogP contribution < -0.4 is 0 Å². The molecular weight excluding hydrogens is 272 g/mol. The predicted molar refractivity (Wildman–Crippen MR) is 78.3 cm³/mol. The average Bonchev–Trinajstić information content (AvgIpc) is 2.90. The fourth-order valence-corrected chi connectivity index (χ4v) is 3.11. The zero-order valence-corrected chi connectivity index (χ0v) is 12.1. The van der Waals surface area contributed by atoms with Crippen molar-refractivity contribution in [2.75, 3.05) is 13.6 Å². The van der Waals surface area contributed by atoms with Crippen LogP contribution in [0.5, 0.6) is 0 Å². The van der Waals surface area contributed by atoms with Gasteiger partial charge < -0.3 is 10.0 Å². The van der Waals surface area contributed by atoms with Gasteiger partial charge in [0.25, 0.3) is 5.69 Å². The summed E-state index contributed by atoms with van der Waals surface area (Å²) in [5.74, 6) is -0.589. The third-order valence-electron chi connectivity index (χ3n) is 4.02. The summed E-state index contributed by atoms with van der Waals surface area (Å²) in [5, 5.41) is 20.2. The van der Waals surface area contributed by atoms with Gasteiger partial charge in [-0.25, -0.2) is 4.79 Å². The molecule has 0 bridgehead atoms. The molecule has 0 amide bonds. The number of carboxylic acid groups (broad SMARTS) is 1. The van der Waals surface area contributed by atoms with E-state index in [-0.39, 0.29) is 11.3 Å². The van der Waals surface area contributed by atoms with Gasteiger partial charge in [0.1, 0.15) is 5.56 Å². The number of carboxylic acids is 1. The summed E-state index contributed by atoms with van der Waals surface area (Å²) in [4.78, 5) is 23.7. The van der Waals surface area contributed by atoms with E-state index in [9.17, 15) is 20.0 Å². The Morgan fingerprint density at radius 2 is 2.10 bits per heavy atom. The van der Waals surface area contributed by atoms with E-state index in [0.29, 0.717) is 18.0 Å². The summed E-state index contributed by atoms with van der Waals surface area (Å²) < 4.78 is 0. The van der Waals surface area contributed by atoms with Gasteiger partial charge in [-0.3, -0.25) is 10.1 Å². The molecule has 1 aliphatic rings. The molecule has 0 aromatic heterocycles. The molecule has 0 unspecified atom stereocenters. The fraction of sp³-hybridized carbons (Fsp3) is 0.533. The van der Waals surface area contributed by atoms with Gasteiger partial charge in [-0.05, 0) is 31.4 Å². The minimum atomic E-state index is -1.24. The van der Waals surface area contributed by atoms with Crippen LogP contribution in [0.15, 0.2) is 18.2 Å².